The fraction of sp³-hybridized carbons (Fsp3) is 0.474. The second kappa shape index (κ2) is 7.38. The summed E-state index contributed by atoms with van der Waals surface area (Å²) in [6.45, 7) is 6.79. The minimum absolute atomic E-state index is 0.221. The van der Waals surface area contributed by atoms with Gasteiger partial charge in [-0.2, -0.15) is 5.10 Å². The van der Waals surface area contributed by atoms with Crippen molar-refractivity contribution < 1.29 is 14.3 Å². The molecule has 27 heavy (non-hydrogen) atoms. The van der Waals surface area contributed by atoms with Gasteiger partial charge in [-0.3, -0.25) is 14.5 Å². The lowest BCUT2D eigenvalue weighted by atomic mass is 10.0. The van der Waals surface area contributed by atoms with Gasteiger partial charge in [-0.1, -0.05) is 6.07 Å². The molecule has 1 N–H and O–H groups in total. The summed E-state index contributed by atoms with van der Waals surface area (Å²) in [5, 5.41) is 7.27. The molecule has 1 aliphatic heterocycles. The first kappa shape index (κ1) is 18.9. The highest BCUT2D eigenvalue weighted by atomic mass is 16.6. The first-order valence-corrected chi connectivity index (χ1v) is 8.94. The van der Waals surface area contributed by atoms with Crippen LogP contribution in [0.15, 0.2) is 24.5 Å². The van der Waals surface area contributed by atoms with E-state index in [4.69, 9.17) is 4.74 Å². The molecule has 0 radical (unpaired) electrons. The number of aromatic nitrogens is 3. The van der Waals surface area contributed by atoms with Crippen LogP contribution >= 0.6 is 0 Å². The lowest BCUT2D eigenvalue weighted by Gasteiger charge is -2.30. The third-order valence-electron chi connectivity index (χ3n) is 4.29. The summed E-state index contributed by atoms with van der Waals surface area (Å²) >= 11 is 0. The average molecular weight is 371 g/mol. The maximum atomic E-state index is 12.6. The van der Waals surface area contributed by atoms with E-state index in [9.17, 15) is 9.59 Å². The Hall–Kier alpha value is -2.90. The van der Waals surface area contributed by atoms with Crippen LogP contribution < -0.4 is 5.32 Å². The summed E-state index contributed by atoms with van der Waals surface area (Å²) in [4.78, 5) is 30.6. The van der Waals surface area contributed by atoms with E-state index in [-0.39, 0.29) is 12.0 Å². The molecule has 8 nitrogen and oxygen atoms in total. The Balaban J connectivity index is 1.70. The van der Waals surface area contributed by atoms with Crippen molar-refractivity contribution in [3.8, 4) is 0 Å². The maximum Gasteiger partial charge on any atom is 0.410 e. The highest BCUT2D eigenvalue weighted by Gasteiger charge is 2.31. The molecule has 2 aromatic heterocycles. The fourth-order valence-electron chi connectivity index (χ4n) is 3.00. The predicted octanol–water partition coefficient (Wildman–Crippen LogP) is 2.04. The quantitative estimate of drug-likeness (QED) is 0.892. The van der Waals surface area contributed by atoms with Crippen molar-refractivity contribution in [2.45, 2.75) is 45.9 Å². The van der Waals surface area contributed by atoms with Crippen LogP contribution in [0, 0.1) is 0 Å². The van der Waals surface area contributed by atoms with Gasteiger partial charge in [0.1, 0.15) is 5.60 Å². The third kappa shape index (κ3) is 4.45. The van der Waals surface area contributed by atoms with Crippen molar-refractivity contribution in [2.75, 3.05) is 6.54 Å². The van der Waals surface area contributed by atoms with E-state index in [1.165, 1.54) is 0 Å². The molecule has 0 saturated heterocycles. The number of amides is 2. The molecule has 0 atom stereocenters. The lowest BCUT2D eigenvalue weighted by molar-refractivity contribution is 0.0219. The zero-order valence-electron chi connectivity index (χ0n) is 16.2. The van der Waals surface area contributed by atoms with Gasteiger partial charge in [0.25, 0.3) is 5.91 Å². The zero-order chi connectivity index (χ0) is 19.6. The van der Waals surface area contributed by atoms with Gasteiger partial charge in [0.05, 0.1) is 12.2 Å². The van der Waals surface area contributed by atoms with E-state index < -0.39 is 5.60 Å². The minimum Gasteiger partial charge on any atom is -0.444 e. The number of pyridine rings is 1. The van der Waals surface area contributed by atoms with Gasteiger partial charge < -0.3 is 15.0 Å². The number of fused-ring (bicyclic) bond motifs is 1. The number of aryl methyl sites for hydroxylation is 1. The van der Waals surface area contributed by atoms with Crippen LogP contribution in [-0.2, 0) is 31.3 Å². The van der Waals surface area contributed by atoms with Crippen molar-refractivity contribution in [3.05, 3.63) is 47.0 Å². The number of carbonyl (C=O) groups excluding carboxylic acids is 2. The largest absolute Gasteiger partial charge is 0.444 e. The zero-order valence-corrected chi connectivity index (χ0v) is 16.2. The first-order valence-electron chi connectivity index (χ1n) is 8.94. The summed E-state index contributed by atoms with van der Waals surface area (Å²) in [5.74, 6) is -0.221. The second-order valence-corrected chi connectivity index (χ2v) is 7.59. The molecule has 0 spiro atoms. The Labute approximate surface area is 158 Å². The van der Waals surface area contributed by atoms with Gasteiger partial charge in [0, 0.05) is 38.1 Å². The smallest absolute Gasteiger partial charge is 0.410 e. The minimum atomic E-state index is -0.541. The molecule has 3 rings (SSSR count). The lowest BCUT2D eigenvalue weighted by Crippen LogP contribution is -2.40. The van der Waals surface area contributed by atoms with Gasteiger partial charge >= 0.3 is 6.09 Å². The molecule has 0 saturated carbocycles. The van der Waals surface area contributed by atoms with Crippen LogP contribution in [0.4, 0.5) is 4.79 Å². The number of ether oxygens (including phenoxy) is 1. The Kier molecular flexibility index (Phi) is 5.16. The van der Waals surface area contributed by atoms with Gasteiger partial charge in [-0.25, -0.2) is 4.79 Å². The Morgan fingerprint density at radius 3 is 2.78 bits per heavy atom. The van der Waals surface area contributed by atoms with E-state index in [0.29, 0.717) is 31.7 Å². The number of hydrogen-bond donors (Lipinski definition) is 1. The third-order valence-corrected chi connectivity index (χ3v) is 4.29. The van der Waals surface area contributed by atoms with E-state index in [2.05, 4.69) is 15.4 Å². The number of hydrogen-bond acceptors (Lipinski definition) is 5. The molecule has 0 aromatic carbocycles. The topological polar surface area (TPSA) is 89.4 Å². The van der Waals surface area contributed by atoms with Crippen LogP contribution in [0.2, 0.25) is 0 Å². The van der Waals surface area contributed by atoms with E-state index in [0.717, 1.165) is 16.8 Å². The van der Waals surface area contributed by atoms with Crippen LogP contribution in [0.5, 0.6) is 0 Å². The molecule has 0 unspecified atom stereocenters. The van der Waals surface area contributed by atoms with Crippen LogP contribution in [0.1, 0.15) is 48.1 Å². The van der Waals surface area contributed by atoms with Gasteiger partial charge in [0.2, 0.25) is 0 Å². The SMILES string of the molecule is Cn1nc(C(=O)NCc2cccnc2)c2c1CN(C(=O)OC(C)(C)C)CC2. The van der Waals surface area contributed by atoms with Crippen LogP contribution in [0.25, 0.3) is 0 Å². The van der Waals surface area contributed by atoms with Gasteiger partial charge in [-0.15, -0.1) is 0 Å². The highest BCUT2D eigenvalue weighted by molar-refractivity contribution is 5.94. The molecule has 1 aliphatic rings. The predicted molar refractivity (Wildman–Crippen MR) is 99.0 cm³/mol. The molecular weight excluding hydrogens is 346 g/mol. The highest BCUT2D eigenvalue weighted by Crippen LogP contribution is 2.23. The van der Waals surface area contributed by atoms with E-state index in [1.807, 2.05) is 32.9 Å². The summed E-state index contributed by atoms with van der Waals surface area (Å²) < 4.78 is 7.12. The van der Waals surface area contributed by atoms with Crippen molar-refractivity contribution in [1.29, 1.82) is 0 Å². The summed E-state index contributed by atoms with van der Waals surface area (Å²) in [6, 6.07) is 3.73. The Morgan fingerprint density at radius 1 is 1.33 bits per heavy atom. The van der Waals surface area contributed by atoms with E-state index >= 15 is 0 Å². The van der Waals surface area contributed by atoms with Crippen LogP contribution in [-0.4, -0.2) is 43.8 Å². The van der Waals surface area contributed by atoms with Crippen LogP contribution in [0.3, 0.4) is 0 Å². The summed E-state index contributed by atoms with van der Waals surface area (Å²) in [6.07, 6.45) is 3.62. The van der Waals surface area contributed by atoms with Crippen molar-refractivity contribution in [2.24, 2.45) is 7.05 Å². The second-order valence-electron chi connectivity index (χ2n) is 7.59. The van der Waals surface area contributed by atoms with Gasteiger partial charge in [0.15, 0.2) is 5.69 Å². The molecule has 0 aliphatic carbocycles. The standard InChI is InChI=1S/C19H25N5O3/c1-19(2,3)27-18(26)24-9-7-14-15(12-24)23(4)22-16(14)17(25)21-11-13-6-5-8-20-10-13/h5-6,8,10H,7,9,11-12H2,1-4H3,(H,21,25). The molecule has 0 fully saturated rings. The molecule has 0 bridgehead atoms. The summed E-state index contributed by atoms with van der Waals surface area (Å²) in [7, 11) is 1.79. The van der Waals surface area contributed by atoms with Gasteiger partial charge in [-0.05, 0) is 38.8 Å². The Bertz CT molecular complexity index is 839. The van der Waals surface area contributed by atoms with Crippen molar-refractivity contribution in [1.82, 2.24) is 25.0 Å². The number of carbonyl (C=O) groups is 2. The molecule has 3 heterocycles. The van der Waals surface area contributed by atoms with Crippen molar-refractivity contribution in [3.63, 3.8) is 0 Å². The monoisotopic (exact) mass is 371 g/mol. The van der Waals surface area contributed by atoms with Crippen molar-refractivity contribution >= 4 is 12.0 Å². The number of nitrogens with zero attached hydrogens (tertiary/aromatic N) is 4. The fourth-order valence-corrected chi connectivity index (χ4v) is 3.00. The number of rotatable bonds is 3. The Morgan fingerprint density at radius 2 is 2.11 bits per heavy atom. The average Bonchev–Trinajstić information content (AvgIpc) is 2.95. The molecule has 2 aromatic rings. The number of nitrogens with one attached hydrogen (secondary N) is 1. The molecule has 2 amide bonds. The molecule has 144 valence electrons. The normalized spacial score (nSPS) is 13.9. The summed E-state index contributed by atoms with van der Waals surface area (Å²) in [5.41, 5.74) is 2.55. The first-order chi connectivity index (χ1) is 12.7. The molecule has 8 heteroatoms. The maximum absolute atomic E-state index is 12.6. The molecular formula is C19H25N5O3. The van der Waals surface area contributed by atoms with E-state index in [1.54, 1.807) is 29.0 Å².